The molecule has 19 heavy (non-hydrogen) atoms. The lowest BCUT2D eigenvalue weighted by Gasteiger charge is -2.35. The van der Waals surface area contributed by atoms with Gasteiger partial charge in [0.1, 0.15) is 5.82 Å². The van der Waals surface area contributed by atoms with Crippen molar-refractivity contribution < 1.29 is 9.90 Å². The summed E-state index contributed by atoms with van der Waals surface area (Å²) in [4.78, 5) is 19.9. The zero-order chi connectivity index (χ0) is 14.0. The highest BCUT2D eigenvalue weighted by Crippen LogP contribution is 2.20. The van der Waals surface area contributed by atoms with Crippen LogP contribution < -0.4 is 4.90 Å². The van der Waals surface area contributed by atoms with Crippen LogP contribution in [0, 0.1) is 6.92 Å². The fourth-order valence-electron chi connectivity index (χ4n) is 2.43. The average molecular weight is 263 g/mol. The first kappa shape index (κ1) is 13.8. The van der Waals surface area contributed by atoms with Crippen LogP contribution in [0.5, 0.6) is 0 Å². The molecule has 1 aliphatic rings. The van der Waals surface area contributed by atoms with Crippen LogP contribution in [0.4, 0.5) is 5.82 Å². The predicted molar refractivity (Wildman–Crippen MR) is 74.1 cm³/mol. The summed E-state index contributed by atoms with van der Waals surface area (Å²) in [5.41, 5.74) is 1.73. The van der Waals surface area contributed by atoms with Crippen LogP contribution >= 0.6 is 0 Å². The second kappa shape index (κ2) is 5.57. The van der Waals surface area contributed by atoms with Crippen LogP contribution in [0.25, 0.3) is 0 Å². The monoisotopic (exact) mass is 263 g/mol. The first-order chi connectivity index (χ1) is 8.99. The molecule has 2 rings (SSSR count). The van der Waals surface area contributed by atoms with Gasteiger partial charge in [0.05, 0.1) is 6.10 Å². The number of pyridine rings is 1. The molecule has 2 heterocycles. The summed E-state index contributed by atoms with van der Waals surface area (Å²) in [6.45, 7) is 8.37. The Kier molecular flexibility index (Phi) is 4.04. The molecule has 5 nitrogen and oxygen atoms in total. The molecule has 1 amide bonds. The van der Waals surface area contributed by atoms with Crippen LogP contribution in [-0.4, -0.2) is 47.1 Å². The van der Waals surface area contributed by atoms with Crippen molar-refractivity contribution in [3.8, 4) is 0 Å². The summed E-state index contributed by atoms with van der Waals surface area (Å²) >= 11 is 0. The number of nitrogens with zero attached hydrogens (tertiary/aromatic N) is 3. The third-order valence-electron chi connectivity index (χ3n) is 3.61. The van der Waals surface area contributed by atoms with Crippen molar-refractivity contribution in [1.82, 2.24) is 9.88 Å². The SMILES string of the molecule is CC(=O)N1CCN(c2ccc([C@@H](C)O)c(C)n2)CC1. The van der Waals surface area contributed by atoms with Crippen LogP contribution in [0.1, 0.15) is 31.2 Å². The van der Waals surface area contributed by atoms with E-state index in [2.05, 4.69) is 9.88 Å². The molecule has 1 atom stereocenters. The Morgan fingerprint density at radius 2 is 1.95 bits per heavy atom. The van der Waals surface area contributed by atoms with Crippen molar-refractivity contribution in [1.29, 1.82) is 0 Å². The van der Waals surface area contributed by atoms with Gasteiger partial charge in [0.15, 0.2) is 0 Å². The van der Waals surface area contributed by atoms with Crippen molar-refractivity contribution in [3.05, 3.63) is 23.4 Å². The van der Waals surface area contributed by atoms with E-state index < -0.39 is 6.10 Å². The average Bonchev–Trinajstić information content (AvgIpc) is 2.38. The molecule has 0 bridgehead atoms. The largest absolute Gasteiger partial charge is 0.389 e. The third kappa shape index (κ3) is 3.04. The van der Waals surface area contributed by atoms with E-state index in [0.717, 1.165) is 43.3 Å². The van der Waals surface area contributed by atoms with Crippen molar-refractivity contribution >= 4 is 11.7 Å². The van der Waals surface area contributed by atoms with Gasteiger partial charge in [0.25, 0.3) is 0 Å². The second-order valence-corrected chi connectivity index (χ2v) is 5.01. The van der Waals surface area contributed by atoms with Gasteiger partial charge in [-0.15, -0.1) is 0 Å². The smallest absolute Gasteiger partial charge is 0.219 e. The van der Waals surface area contributed by atoms with Crippen LogP contribution in [-0.2, 0) is 4.79 Å². The normalized spacial score (nSPS) is 17.5. The number of anilines is 1. The third-order valence-corrected chi connectivity index (χ3v) is 3.61. The van der Waals surface area contributed by atoms with E-state index in [1.807, 2.05) is 24.0 Å². The highest BCUT2D eigenvalue weighted by atomic mass is 16.3. The maximum absolute atomic E-state index is 11.3. The van der Waals surface area contributed by atoms with Gasteiger partial charge in [0, 0.05) is 44.4 Å². The maximum atomic E-state index is 11.3. The van der Waals surface area contributed by atoms with E-state index >= 15 is 0 Å². The zero-order valence-corrected chi connectivity index (χ0v) is 11.8. The highest BCUT2D eigenvalue weighted by molar-refractivity contribution is 5.73. The fourth-order valence-corrected chi connectivity index (χ4v) is 2.43. The number of aliphatic hydroxyl groups excluding tert-OH is 1. The number of carbonyl (C=O) groups excluding carboxylic acids is 1. The Morgan fingerprint density at radius 3 is 2.42 bits per heavy atom. The number of amides is 1. The molecule has 0 aliphatic carbocycles. The minimum atomic E-state index is -0.490. The van der Waals surface area contributed by atoms with E-state index in [9.17, 15) is 9.90 Å². The Hall–Kier alpha value is -1.62. The van der Waals surface area contributed by atoms with Gasteiger partial charge in [-0.3, -0.25) is 4.79 Å². The van der Waals surface area contributed by atoms with Gasteiger partial charge in [0.2, 0.25) is 5.91 Å². The Balaban J connectivity index is 2.08. The van der Waals surface area contributed by atoms with Gasteiger partial charge < -0.3 is 14.9 Å². The Morgan fingerprint density at radius 1 is 1.32 bits per heavy atom. The molecule has 1 N–H and O–H groups in total. The van der Waals surface area contributed by atoms with Crippen molar-refractivity contribution in [2.75, 3.05) is 31.1 Å². The standard InChI is InChI=1S/C14H21N3O2/c1-10-13(11(2)18)4-5-14(15-10)17-8-6-16(7-9-17)12(3)19/h4-5,11,18H,6-9H2,1-3H3/t11-/m1/s1. The van der Waals surface area contributed by atoms with Gasteiger partial charge in [-0.1, -0.05) is 6.07 Å². The number of aromatic nitrogens is 1. The van der Waals surface area contributed by atoms with Crippen LogP contribution in [0.3, 0.4) is 0 Å². The number of piperazine rings is 1. The van der Waals surface area contributed by atoms with E-state index in [4.69, 9.17) is 0 Å². The number of hydrogen-bond donors (Lipinski definition) is 1. The molecular formula is C14H21N3O2. The highest BCUT2D eigenvalue weighted by Gasteiger charge is 2.20. The van der Waals surface area contributed by atoms with Crippen LogP contribution in [0.15, 0.2) is 12.1 Å². The molecule has 1 aliphatic heterocycles. The summed E-state index contributed by atoms with van der Waals surface area (Å²) in [5.74, 6) is 1.05. The molecule has 0 aromatic carbocycles. The first-order valence-electron chi connectivity index (χ1n) is 6.65. The molecular weight excluding hydrogens is 242 g/mol. The predicted octanol–water partition coefficient (Wildman–Crippen LogP) is 1.11. The van der Waals surface area contributed by atoms with Gasteiger partial charge in [-0.2, -0.15) is 0 Å². The lowest BCUT2D eigenvalue weighted by Crippen LogP contribution is -2.48. The molecule has 0 radical (unpaired) electrons. The quantitative estimate of drug-likeness (QED) is 0.868. The number of aliphatic hydroxyl groups is 1. The molecule has 1 aromatic rings. The molecule has 1 aromatic heterocycles. The summed E-state index contributed by atoms with van der Waals surface area (Å²) in [6.07, 6.45) is -0.490. The van der Waals surface area contributed by atoms with Crippen molar-refractivity contribution in [2.45, 2.75) is 26.9 Å². The maximum Gasteiger partial charge on any atom is 0.219 e. The van der Waals surface area contributed by atoms with E-state index in [0.29, 0.717) is 0 Å². The second-order valence-electron chi connectivity index (χ2n) is 5.01. The van der Waals surface area contributed by atoms with E-state index in [1.54, 1.807) is 13.8 Å². The molecule has 104 valence electrons. The molecule has 1 fully saturated rings. The summed E-state index contributed by atoms with van der Waals surface area (Å²) in [7, 11) is 0. The topological polar surface area (TPSA) is 56.7 Å². The molecule has 0 saturated carbocycles. The zero-order valence-electron chi connectivity index (χ0n) is 11.8. The molecule has 5 heteroatoms. The van der Waals surface area contributed by atoms with E-state index in [-0.39, 0.29) is 5.91 Å². The summed E-state index contributed by atoms with van der Waals surface area (Å²) in [5, 5.41) is 9.60. The number of rotatable bonds is 2. The Bertz CT molecular complexity index is 466. The molecule has 1 saturated heterocycles. The van der Waals surface area contributed by atoms with Gasteiger partial charge in [-0.25, -0.2) is 4.98 Å². The molecule has 0 unspecified atom stereocenters. The van der Waals surface area contributed by atoms with Crippen molar-refractivity contribution in [3.63, 3.8) is 0 Å². The lowest BCUT2D eigenvalue weighted by molar-refractivity contribution is -0.129. The number of carbonyl (C=O) groups is 1. The Labute approximate surface area is 113 Å². The van der Waals surface area contributed by atoms with Gasteiger partial charge in [-0.05, 0) is 19.9 Å². The molecule has 0 spiro atoms. The van der Waals surface area contributed by atoms with Crippen molar-refractivity contribution in [2.24, 2.45) is 0 Å². The fraction of sp³-hybridized carbons (Fsp3) is 0.571. The number of hydrogen-bond acceptors (Lipinski definition) is 4. The number of aryl methyl sites for hydroxylation is 1. The summed E-state index contributed by atoms with van der Waals surface area (Å²) < 4.78 is 0. The lowest BCUT2D eigenvalue weighted by atomic mass is 10.1. The summed E-state index contributed by atoms with van der Waals surface area (Å²) in [6, 6.07) is 3.87. The first-order valence-corrected chi connectivity index (χ1v) is 6.65. The van der Waals surface area contributed by atoms with Gasteiger partial charge >= 0.3 is 0 Å². The van der Waals surface area contributed by atoms with Crippen LogP contribution in [0.2, 0.25) is 0 Å². The van der Waals surface area contributed by atoms with E-state index in [1.165, 1.54) is 0 Å². The minimum absolute atomic E-state index is 0.133. The minimum Gasteiger partial charge on any atom is -0.389 e.